The van der Waals surface area contributed by atoms with Gasteiger partial charge in [-0.25, -0.2) is 15.0 Å². The fourth-order valence-electron chi connectivity index (χ4n) is 2.71. The maximum atomic E-state index is 9.02. The number of nitrogens with one attached hydrogen (secondary N) is 1. The molecule has 0 saturated heterocycles. The van der Waals surface area contributed by atoms with Crippen molar-refractivity contribution in [1.82, 2.24) is 15.0 Å². The first-order chi connectivity index (χ1) is 11.3. The summed E-state index contributed by atoms with van der Waals surface area (Å²) in [7, 11) is 0. The molecule has 6 heteroatoms. The van der Waals surface area contributed by atoms with Gasteiger partial charge in [0.25, 0.3) is 0 Å². The van der Waals surface area contributed by atoms with Crippen molar-refractivity contribution in [3.8, 4) is 11.9 Å². The predicted molar refractivity (Wildman–Crippen MR) is 85.8 cm³/mol. The van der Waals surface area contributed by atoms with Gasteiger partial charge in [0.2, 0.25) is 5.88 Å². The van der Waals surface area contributed by atoms with Crippen molar-refractivity contribution in [2.75, 3.05) is 5.32 Å². The number of pyridine rings is 1. The van der Waals surface area contributed by atoms with Gasteiger partial charge in [-0.3, -0.25) is 0 Å². The molecule has 2 aromatic heterocycles. The Morgan fingerprint density at radius 3 is 2.78 bits per heavy atom. The van der Waals surface area contributed by atoms with E-state index in [1.54, 1.807) is 12.4 Å². The summed E-state index contributed by atoms with van der Waals surface area (Å²) in [5.41, 5.74) is 1.32. The zero-order valence-corrected chi connectivity index (χ0v) is 12.9. The molecule has 0 atom stereocenters. The van der Waals surface area contributed by atoms with E-state index < -0.39 is 0 Å². The van der Waals surface area contributed by atoms with Crippen LogP contribution in [-0.4, -0.2) is 21.1 Å². The zero-order valence-electron chi connectivity index (χ0n) is 12.9. The Morgan fingerprint density at radius 1 is 1.13 bits per heavy atom. The number of ether oxygens (including phenoxy) is 1. The smallest absolute Gasteiger partial charge is 0.213 e. The third kappa shape index (κ3) is 4.16. The molecule has 1 aliphatic rings. The van der Waals surface area contributed by atoms with Crippen LogP contribution in [-0.2, 0) is 6.54 Å². The fraction of sp³-hybridized carbons (Fsp3) is 0.412. The molecular formula is C17H19N5O. The van der Waals surface area contributed by atoms with Crippen LogP contribution in [0.1, 0.15) is 43.4 Å². The number of hydrogen-bond acceptors (Lipinski definition) is 6. The van der Waals surface area contributed by atoms with Crippen LogP contribution in [0.5, 0.6) is 5.88 Å². The third-order valence-electron chi connectivity index (χ3n) is 3.90. The maximum Gasteiger partial charge on any atom is 0.213 e. The van der Waals surface area contributed by atoms with E-state index in [4.69, 9.17) is 10.00 Å². The Bertz CT molecular complexity index is 691. The zero-order chi connectivity index (χ0) is 15.9. The Balaban J connectivity index is 1.62. The van der Waals surface area contributed by atoms with Crippen molar-refractivity contribution in [2.24, 2.45) is 0 Å². The van der Waals surface area contributed by atoms with Gasteiger partial charge < -0.3 is 10.1 Å². The van der Waals surface area contributed by atoms with Gasteiger partial charge in [-0.1, -0.05) is 6.42 Å². The number of hydrogen-bond donors (Lipinski definition) is 1. The Morgan fingerprint density at radius 2 is 1.96 bits per heavy atom. The number of nitrogens with zero attached hydrogens (tertiary/aromatic N) is 4. The van der Waals surface area contributed by atoms with Gasteiger partial charge in [-0.05, 0) is 37.3 Å². The van der Waals surface area contributed by atoms with Crippen LogP contribution in [0.15, 0.2) is 30.7 Å². The molecule has 2 heterocycles. The molecule has 1 aliphatic carbocycles. The van der Waals surface area contributed by atoms with E-state index in [1.807, 2.05) is 18.2 Å². The monoisotopic (exact) mass is 309 g/mol. The second-order valence-corrected chi connectivity index (χ2v) is 5.60. The topological polar surface area (TPSA) is 83.7 Å². The van der Waals surface area contributed by atoms with Crippen LogP contribution in [0.25, 0.3) is 0 Å². The Kier molecular flexibility index (Phi) is 4.99. The Labute approximate surface area is 135 Å². The molecule has 118 valence electrons. The van der Waals surface area contributed by atoms with E-state index in [1.165, 1.54) is 25.5 Å². The maximum absolute atomic E-state index is 9.02. The number of nitriles is 1. The third-order valence-corrected chi connectivity index (χ3v) is 3.90. The Hall–Kier alpha value is -2.68. The summed E-state index contributed by atoms with van der Waals surface area (Å²) in [5, 5.41) is 12.2. The van der Waals surface area contributed by atoms with Crippen LogP contribution in [0.2, 0.25) is 0 Å². The minimum absolute atomic E-state index is 0.282. The molecule has 3 rings (SSSR count). The van der Waals surface area contributed by atoms with Gasteiger partial charge in [0.05, 0.1) is 0 Å². The van der Waals surface area contributed by atoms with Crippen molar-refractivity contribution in [3.63, 3.8) is 0 Å². The fourth-order valence-corrected chi connectivity index (χ4v) is 2.71. The highest BCUT2D eigenvalue weighted by atomic mass is 16.5. The van der Waals surface area contributed by atoms with E-state index >= 15 is 0 Å². The lowest BCUT2D eigenvalue weighted by Crippen LogP contribution is -2.20. The van der Waals surface area contributed by atoms with Crippen molar-refractivity contribution < 1.29 is 4.74 Å². The van der Waals surface area contributed by atoms with E-state index in [9.17, 15) is 0 Å². The lowest BCUT2D eigenvalue weighted by molar-refractivity contribution is 0.148. The van der Waals surface area contributed by atoms with Crippen molar-refractivity contribution in [2.45, 2.75) is 44.8 Å². The lowest BCUT2D eigenvalue weighted by atomic mass is 9.98. The molecule has 0 aliphatic heterocycles. The molecule has 2 aromatic rings. The molecule has 0 spiro atoms. The summed E-state index contributed by atoms with van der Waals surface area (Å²) >= 11 is 0. The lowest BCUT2D eigenvalue weighted by Gasteiger charge is -2.22. The highest BCUT2D eigenvalue weighted by Gasteiger charge is 2.15. The molecule has 0 radical (unpaired) electrons. The van der Waals surface area contributed by atoms with Crippen LogP contribution < -0.4 is 10.1 Å². The quantitative estimate of drug-likeness (QED) is 0.913. The van der Waals surface area contributed by atoms with Gasteiger partial charge in [0.15, 0.2) is 11.5 Å². The van der Waals surface area contributed by atoms with Crippen molar-refractivity contribution >= 4 is 5.82 Å². The molecule has 1 saturated carbocycles. The van der Waals surface area contributed by atoms with Crippen LogP contribution in [0.3, 0.4) is 0 Å². The van der Waals surface area contributed by atoms with Crippen molar-refractivity contribution in [3.05, 3.63) is 42.0 Å². The summed E-state index contributed by atoms with van der Waals surface area (Å²) in [6.07, 6.45) is 11.1. The summed E-state index contributed by atoms with van der Waals surface area (Å²) in [6.45, 7) is 0.539. The first kappa shape index (κ1) is 15.2. The van der Waals surface area contributed by atoms with Gasteiger partial charge in [0.1, 0.15) is 12.2 Å². The highest BCUT2D eigenvalue weighted by Crippen LogP contribution is 2.22. The van der Waals surface area contributed by atoms with Gasteiger partial charge in [0, 0.05) is 31.2 Å². The van der Waals surface area contributed by atoms with E-state index in [-0.39, 0.29) is 6.10 Å². The number of rotatable bonds is 5. The normalized spacial score (nSPS) is 14.9. The SMILES string of the molecule is N#Cc1nccnc1NCc1ccnc(OC2CCCCC2)c1. The van der Waals surface area contributed by atoms with Crippen LogP contribution >= 0.6 is 0 Å². The molecule has 0 unspecified atom stereocenters. The van der Waals surface area contributed by atoms with Crippen molar-refractivity contribution in [1.29, 1.82) is 5.26 Å². The van der Waals surface area contributed by atoms with Gasteiger partial charge >= 0.3 is 0 Å². The summed E-state index contributed by atoms with van der Waals surface area (Å²) < 4.78 is 5.97. The molecular weight excluding hydrogens is 290 g/mol. The first-order valence-electron chi connectivity index (χ1n) is 7.92. The number of aromatic nitrogens is 3. The summed E-state index contributed by atoms with van der Waals surface area (Å²) in [6, 6.07) is 5.88. The molecule has 23 heavy (non-hydrogen) atoms. The average Bonchev–Trinajstić information content (AvgIpc) is 2.61. The molecule has 0 aromatic carbocycles. The highest BCUT2D eigenvalue weighted by molar-refractivity contribution is 5.47. The standard InChI is InChI=1S/C17H19N5O/c18-11-15-17(21-9-8-19-15)22-12-13-6-7-20-16(10-13)23-14-4-2-1-3-5-14/h6-10,14H,1-5,12H2,(H,21,22). The molecule has 1 N–H and O–H groups in total. The minimum atomic E-state index is 0.282. The van der Waals surface area contributed by atoms with E-state index in [0.29, 0.717) is 23.9 Å². The second kappa shape index (κ2) is 7.54. The van der Waals surface area contributed by atoms with Crippen LogP contribution in [0.4, 0.5) is 5.82 Å². The molecule has 0 bridgehead atoms. The second-order valence-electron chi connectivity index (χ2n) is 5.60. The molecule has 0 amide bonds. The average molecular weight is 309 g/mol. The molecule has 6 nitrogen and oxygen atoms in total. The summed E-state index contributed by atoms with van der Waals surface area (Å²) in [4.78, 5) is 12.4. The molecule has 1 fully saturated rings. The minimum Gasteiger partial charge on any atom is -0.474 e. The van der Waals surface area contributed by atoms with Gasteiger partial charge in [-0.2, -0.15) is 5.26 Å². The van der Waals surface area contributed by atoms with Gasteiger partial charge in [-0.15, -0.1) is 0 Å². The van der Waals surface area contributed by atoms with E-state index in [2.05, 4.69) is 20.3 Å². The predicted octanol–water partition coefficient (Wildman–Crippen LogP) is 3.07. The van der Waals surface area contributed by atoms with Crippen LogP contribution in [0, 0.1) is 11.3 Å². The largest absolute Gasteiger partial charge is 0.474 e. The van der Waals surface area contributed by atoms with E-state index in [0.717, 1.165) is 18.4 Å². The first-order valence-corrected chi connectivity index (χ1v) is 7.92. The summed E-state index contributed by atoms with van der Waals surface area (Å²) in [5.74, 6) is 1.15. The number of anilines is 1.